The number of carbonyl (C=O) groups is 3. The normalized spacial score (nSPS) is 11.8. The van der Waals surface area contributed by atoms with Crippen molar-refractivity contribution in [2.24, 2.45) is 0 Å². The molecule has 1 aromatic heterocycles. The monoisotopic (exact) mass is 448 g/mol. The summed E-state index contributed by atoms with van der Waals surface area (Å²) in [7, 11) is 2.84. The first kappa shape index (κ1) is 24.6. The molecule has 31 heavy (non-hydrogen) atoms. The molecular weight excluding hydrogens is 420 g/mol. The van der Waals surface area contributed by atoms with Gasteiger partial charge < -0.3 is 18.9 Å². The van der Waals surface area contributed by atoms with Crippen LogP contribution in [0.25, 0.3) is 0 Å². The number of amides is 1. The number of Topliss-reactive ketones (excluding diaryl/α,β-unsaturated/α-hetero) is 1. The summed E-state index contributed by atoms with van der Waals surface area (Å²) in [4.78, 5) is 40.6. The van der Waals surface area contributed by atoms with Crippen molar-refractivity contribution in [1.29, 1.82) is 0 Å². The highest BCUT2D eigenvalue weighted by Gasteiger charge is 2.33. The fraction of sp³-hybridized carbons (Fsp3) is 0.435. The van der Waals surface area contributed by atoms with Crippen LogP contribution in [0.1, 0.15) is 56.3 Å². The lowest BCUT2D eigenvalue weighted by Gasteiger charge is -2.29. The van der Waals surface area contributed by atoms with Crippen LogP contribution in [-0.4, -0.2) is 60.5 Å². The number of hydrogen-bond acceptors (Lipinski definition) is 5. The van der Waals surface area contributed by atoms with Crippen LogP contribution in [0, 0.1) is 13.8 Å². The quantitative estimate of drug-likeness (QED) is 0.429. The topological polar surface area (TPSA) is 77.8 Å². The Bertz CT molecular complexity index is 983. The molecule has 7 nitrogen and oxygen atoms in total. The lowest BCUT2D eigenvalue weighted by atomic mass is 9.99. The molecule has 1 heterocycles. The third-order valence-electron chi connectivity index (χ3n) is 5.46. The zero-order valence-corrected chi connectivity index (χ0v) is 19.6. The van der Waals surface area contributed by atoms with Crippen LogP contribution in [0.15, 0.2) is 24.3 Å². The van der Waals surface area contributed by atoms with Gasteiger partial charge >= 0.3 is 5.97 Å². The van der Waals surface area contributed by atoms with Crippen molar-refractivity contribution in [1.82, 2.24) is 9.47 Å². The molecule has 0 saturated carbocycles. The van der Waals surface area contributed by atoms with Crippen molar-refractivity contribution in [3.8, 4) is 0 Å². The van der Waals surface area contributed by atoms with Crippen molar-refractivity contribution < 1.29 is 23.9 Å². The fourth-order valence-electron chi connectivity index (χ4n) is 3.81. The molecule has 2 rings (SSSR count). The Morgan fingerprint density at radius 2 is 1.81 bits per heavy atom. The zero-order chi connectivity index (χ0) is 23.3. The van der Waals surface area contributed by atoms with Gasteiger partial charge in [-0.25, -0.2) is 4.79 Å². The molecule has 0 aliphatic carbocycles. The molecule has 2 aromatic rings. The number of benzene rings is 1. The first-order valence-electron chi connectivity index (χ1n) is 10.1. The second-order valence-electron chi connectivity index (χ2n) is 7.18. The summed E-state index contributed by atoms with van der Waals surface area (Å²) in [6, 6.07) is 5.92. The van der Waals surface area contributed by atoms with E-state index < -0.39 is 12.0 Å². The molecule has 1 amide bonds. The maximum atomic E-state index is 13.6. The van der Waals surface area contributed by atoms with Gasteiger partial charge in [-0.05, 0) is 45.4 Å². The van der Waals surface area contributed by atoms with Gasteiger partial charge in [-0.3, -0.25) is 9.59 Å². The third kappa shape index (κ3) is 4.83. The molecule has 0 spiro atoms. The first-order chi connectivity index (χ1) is 14.7. The van der Waals surface area contributed by atoms with Crippen LogP contribution in [0.5, 0.6) is 0 Å². The third-order valence-corrected chi connectivity index (χ3v) is 5.79. The molecule has 1 atom stereocenters. The number of halogens is 1. The van der Waals surface area contributed by atoms with E-state index in [4.69, 9.17) is 21.1 Å². The summed E-state index contributed by atoms with van der Waals surface area (Å²) in [5, 5.41) is 0.312. The van der Waals surface area contributed by atoms with Crippen molar-refractivity contribution in [3.05, 3.63) is 57.4 Å². The summed E-state index contributed by atoms with van der Waals surface area (Å²) in [5.41, 5.74) is 2.28. The van der Waals surface area contributed by atoms with Gasteiger partial charge in [0.15, 0.2) is 5.78 Å². The molecule has 0 aliphatic heterocycles. The Morgan fingerprint density at radius 3 is 2.35 bits per heavy atom. The number of rotatable bonds is 9. The van der Waals surface area contributed by atoms with Crippen molar-refractivity contribution in [3.63, 3.8) is 0 Å². The molecular formula is C23H29ClN2O5. The van der Waals surface area contributed by atoms with Gasteiger partial charge in [-0.15, -0.1) is 0 Å². The second-order valence-corrected chi connectivity index (χ2v) is 7.59. The Hall–Kier alpha value is -2.64. The van der Waals surface area contributed by atoms with Crippen LogP contribution in [-0.2, 0) is 16.0 Å². The minimum Gasteiger partial charge on any atom is -0.464 e. The molecule has 0 N–H and O–H groups in total. The Kier molecular flexibility index (Phi) is 8.42. The second kappa shape index (κ2) is 10.6. The smallest absolute Gasteiger partial charge is 0.354 e. The molecule has 8 heteroatoms. The molecule has 0 radical (unpaired) electrons. The van der Waals surface area contributed by atoms with Gasteiger partial charge in [0.1, 0.15) is 5.69 Å². The summed E-state index contributed by atoms with van der Waals surface area (Å²) in [6.07, 6.45) is 0. The van der Waals surface area contributed by atoms with E-state index in [1.54, 1.807) is 49.6 Å². The summed E-state index contributed by atoms with van der Waals surface area (Å²) >= 11 is 6.22. The van der Waals surface area contributed by atoms with Gasteiger partial charge in [0, 0.05) is 31.5 Å². The Morgan fingerprint density at radius 1 is 1.16 bits per heavy atom. The maximum absolute atomic E-state index is 13.6. The Labute approximate surface area is 187 Å². The lowest BCUT2D eigenvalue weighted by Crippen LogP contribution is -2.45. The van der Waals surface area contributed by atoms with Crippen LogP contribution in [0.2, 0.25) is 5.02 Å². The first-order valence-corrected chi connectivity index (χ1v) is 10.5. The zero-order valence-electron chi connectivity index (χ0n) is 18.8. The minimum absolute atomic E-state index is 0.212. The van der Waals surface area contributed by atoms with E-state index in [-0.39, 0.29) is 24.8 Å². The molecule has 0 bridgehead atoms. The SMILES string of the molecule is CCn1c(C)c(C(=O)C(C)N(CCOC)C(=O)c2ccccc2Cl)c(C)c1C(=O)OC. The van der Waals surface area contributed by atoms with Gasteiger partial charge in [0.25, 0.3) is 5.91 Å². The van der Waals surface area contributed by atoms with E-state index >= 15 is 0 Å². The predicted octanol–water partition coefficient (Wildman–Crippen LogP) is 3.92. The van der Waals surface area contributed by atoms with Gasteiger partial charge in [0.2, 0.25) is 0 Å². The van der Waals surface area contributed by atoms with Crippen molar-refractivity contribution in [2.75, 3.05) is 27.4 Å². The number of nitrogens with zero attached hydrogens (tertiary/aromatic N) is 2. The van der Waals surface area contributed by atoms with E-state index in [2.05, 4.69) is 0 Å². The number of ether oxygens (including phenoxy) is 2. The number of carbonyl (C=O) groups excluding carboxylic acids is 3. The largest absolute Gasteiger partial charge is 0.464 e. The molecule has 1 unspecified atom stereocenters. The Balaban J connectivity index is 2.51. The number of hydrogen-bond donors (Lipinski definition) is 0. The van der Waals surface area contributed by atoms with Crippen LogP contribution in [0.3, 0.4) is 0 Å². The average Bonchev–Trinajstić information content (AvgIpc) is 3.02. The summed E-state index contributed by atoms with van der Waals surface area (Å²) < 4.78 is 11.8. The van der Waals surface area contributed by atoms with E-state index in [1.165, 1.54) is 19.1 Å². The van der Waals surface area contributed by atoms with Crippen LogP contribution < -0.4 is 0 Å². The number of aromatic nitrogens is 1. The van der Waals surface area contributed by atoms with Crippen LogP contribution in [0.4, 0.5) is 0 Å². The van der Waals surface area contributed by atoms with Gasteiger partial charge in [-0.1, -0.05) is 23.7 Å². The minimum atomic E-state index is -0.797. The molecule has 1 aromatic carbocycles. The van der Waals surface area contributed by atoms with E-state index in [9.17, 15) is 14.4 Å². The highest BCUT2D eigenvalue weighted by molar-refractivity contribution is 6.33. The maximum Gasteiger partial charge on any atom is 0.354 e. The molecule has 0 saturated heterocycles. The van der Waals surface area contributed by atoms with Crippen molar-refractivity contribution >= 4 is 29.3 Å². The molecule has 0 aliphatic rings. The average molecular weight is 449 g/mol. The van der Waals surface area contributed by atoms with Gasteiger partial charge in [-0.2, -0.15) is 0 Å². The van der Waals surface area contributed by atoms with Gasteiger partial charge in [0.05, 0.1) is 30.3 Å². The number of methoxy groups -OCH3 is 2. The lowest BCUT2D eigenvalue weighted by molar-refractivity contribution is 0.0563. The van der Waals surface area contributed by atoms with E-state index in [0.717, 1.165) is 0 Å². The fourth-order valence-corrected chi connectivity index (χ4v) is 4.03. The van der Waals surface area contributed by atoms with Crippen molar-refractivity contribution in [2.45, 2.75) is 40.3 Å². The van der Waals surface area contributed by atoms with Crippen LogP contribution >= 0.6 is 11.6 Å². The summed E-state index contributed by atoms with van der Waals surface area (Å²) in [5.74, 6) is -1.12. The number of esters is 1. The van der Waals surface area contributed by atoms with E-state index in [1.807, 2.05) is 6.92 Å². The molecule has 168 valence electrons. The highest BCUT2D eigenvalue weighted by atomic mass is 35.5. The predicted molar refractivity (Wildman–Crippen MR) is 119 cm³/mol. The standard InChI is InChI=1S/C23H29ClN2O5/c1-7-25-15(3)19(14(2)20(25)23(29)31-6)21(27)16(4)26(12-13-30-5)22(28)17-10-8-9-11-18(17)24/h8-11,16H,7,12-13H2,1-6H3. The number of ketones is 1. The highest BCUT2D eigenvalue weighted by Crippen LogP contribution is 2.26. The van der Waals surface area contributed by atoms with E-state index in [0.29, 0.717) is 39.6 Å². The summed E-state index contributed by atoms with van der Waals surface area (Å²) in [6.45, 7) is 8.05. The molecule has 0 fully saturated rings.